The van der Waals surface area contributed by atoms with Gasteiger partial charge in [0, 0.05) is 42.9 Å². The van der Waals surface area contributed by atoms with Gasteiger partial charge in [0.25, 0.3) is 10.0 Å². The number of aryl methyl sites for hydroxylation is 1. The van der Waals surface area contributed by atoms with Gasteiger partial charge in [-0.1, -0.05) is 0 Å². The maximum atomic E-state index is 13.5. The highest BCUT2D eigenvalue weighted by molar-refractivity contribution is 7.99. The van der Waals surface area contributed by atoms with Gasteiger partial charge in [-0.3, -0.25) is 4.79 Å². The van der Waals surface area contributed by atoms with Gasteiger partial charge in [0.15, 0.2) is 0 Å². The van der Waals surface area contributed by atoms with E-state index in [1.807, 2.05) is 29.7 Å². The van der Waals surface area contributed by atoms with E-state index in [2.05, 4.69) is 0 Å². The number of thioether (sulfide) groups is 1. The van der Waals surface area contributed by atoms with Crippen LogP contribution in [0.4, 0.5) is 0 Å². The van der Waals surface area contributed by atoms with Gasteiger partial charge in [0.2, 0.25) is 5.91 Å². The highest BCUT2D eigenvalue weighted by atomic mass is 32.2. The quantitative estimate of drug-likeness (QED) is 0.656. The summed E-state index contributed by atoms with van der Waals surface area (Å²) in [7, 11) is -3.52. The van der Waals surface area contributed by atoms with E-state index in [0.717, 1.165) is 55.1 Å². The molecule has 162 valence electrons. The molecule has 0 aliphatic carbocycles. The number of piperidine rings is 1. The van der Waals surface area contributed by atoms with E-state index >= 15 is 0 Å². The Labute approximate surface area is 182 Å². The number of ether oxygens (including phenoxy) is 1. The highest BCUT2D eigenvalue weighted by Crippen LogP contribution is 2.31. The molecule has 6 nitrogen and oxygen atoms in total. The van der Waals surface area contributed by atoms with Gasteiger partial charge in [-0.25, -0.2) is 8.42 Å². The van der Waals surface area contributed by atoms with Crippen LogP contribution in [0, 0.1) is 12.8 Å². The molecule has 4 heterocycles. The van der Waals surface area contributed by atoms with Crippen LogP contribution in [0.25, 0.3) is 0 Å². The summed E-state index contributed by atoms with van der Waals surface area (Å²) in [6.07, 6.45) is 4.70. The molecule has 0 radical (unpaired) electrons. The van der Waals surface area contributed by atoms with Crippen LogP contribution in [-0.2, 0) is 19.6 Å². The van der Waals surface area contributed by atoms with Gasteiger partial charge in [-0.05, 0) is 56.9 Å². The van der Waals surface area contributed by atoms with Crippen molar-refractivity contribution in [3.63, 3.8) is 0 Å². The molecule has 1 amide bonds. The second-order valence-corrected chi connectivity index (χ2v) is 12.8. The zero-order valence-corrected chi connectivity index (χ0v) is 19.4. The number of nitrogens with zero attached hydrogens (tertiary/aromatic N) is 2. The maximum absolute atomic E-state index is 13.5. The highest BCUT2D eigenvalue weighted by Gasteiger charge is 2.39. The molecule has 3 atom stereocenters. The van der Waals surface area contributed by atoms with Crippen molar-refractivity contribution in [2.24, 2.45) is 5.92 Å². The Morgan fingerprint density at radius 3 is 2.79 bits per heavy atom. The van der Waals surface area contributed by atoms with E-state index in [1.54, 1.807) is 6.07 Å². The number of carbonyl (C=O) groups is 1. The lowest BCUT2D eigenvalue weighted by molar-refractivity contribution is -0.140. The molecule has 0 N–H and O–H groups in total. The molecule has 29 heavy (non-hydrogen) atoms. The summed E-state index contributed by atoms with van der Waals surface area (Å²) in [6, 6.07) is 3.77. The van der Waals surface area contributed by atoms with Gasteiger partial charge in [-0.15, -0.1) is 11.3 Å². The summed E-state index contributed by atoms with van der Waals surface area (Å²) in [5.74, 6) is 1.92. The van der Waals surface area contributed by atoms with E-state index in [-0.39, 0.29) is 24.0 Å². The second kappa shape index (κ2) is 9.26. The Balaban J connectivity index is 1.48. The first-order valence-corrected chi connectivity index (χ1v) is 13.9. The lowest BCUT2D eigenvalue weighted by atomic mass is 9.96. The van der Waals surface area contributed by atoms with E-state index < -0.39 is 10.0 Å². The molecular weight excluding hydrogens is 428 g/mol. The number of carbonyl (C=O) groups excluding carboxylic acids is 1. The van der Waals surface area contributed by atoms with Gasteiger partial charge in [0.05, 0.1) is 12.0 Å². The third-order valence-electron chi connectivity index (χ3n) is 6.10. The number of hydrogen-bond acceptors (Lipinski definition) is 6. The van der Waals surface area contributed by atoms with Crippen LogP contribution < -0.4 is 0 Å². The molecule has 0 saturated carbocycles. The van der Waals surface area contributed by atoms with Crippen molar-refractivity contribution in [2.45, 2.75) is 55.4 Å². The monoisotopic (exact) mass is 458 g/mol. The Hall–Kier alpha value is -0.610. The molecule has 3 unspecified atom stereocenters. The van der Waals surface area contributed by atoms with Gasteiger partial charge in [0.1, 0.15) is 4.21 Å². The molecule has 3 fully saturated rings. The predicted molar refractivity (Wildman–Crippen MR) is 117 cm³/mol. The molecule has 0 bridgehead atoms. The summed E-state index contributed by atoms with van der Waals surface area (Å²) in [6.45, 7) is 4.13. The van der Waals surface area contributed by atoms with Gasteiger partial charge in [-0.2, -0.15) is 16.1 Å². The van der Waals surface area contributed by atoms with Crippen molar-refractivity contribution in [1.29, 1.82) is 0 Å². The van der Waals surface area contributed by atoms with Crippen molar-refractivity contribution in [2.75, 3.05) is 37.7 Å². The fourth-order valence-electron chi connectivity index (χ4n) is 4.47. The molecular formula is C20H30N2O4S3. The third kappa shape index (κ3) is 4.84. The first-order valence-electron chi connectivity index (χ1n) is 10.5. The average Bonchev–Trinajstić information content (AvgIpc) is 3.48. The van der Waals surface area contributed by atoms with Crippen molar-refractivity contribution < 1.29 is 17.9 Å². The SMILES string of the molecule is Cc1ccc(S(=O)(=O)N2CCCC(C(=O)N(CC3CCCO3)C3CCSC3)C2)s1. The molecule has 3 aliphatic rings. The average molecular weight is 459 g/mol. The van der Waals surface area contributed by atoms with Crippen LogP contribution in [-0.4, -0.2) is 73.4 Å². The van der Waals surface area contributed by atoms with Crippen molar-refractivity contribution >= 4 is 39.0 Å². The van der Waals surface area contributed by atoms with Crippen LogP contribution in [0.3, 0.4) is 0 Å². The Morgan fingerprint density at radius 2 is 2.14 bits per heavy atom. The maximum Gasteiger partial charge on any atom is 0.252 e. The molecule has 3 saturated heterocycles. The summed E-state index contributed by atoms with van der Waals surface area (Å²) in [5, 5.41) is 0. The molecule has 4 rings (SSSR count). The predicted octanol–water partition coefficient (Wildman–Crippen LogP) is 2.97. The van der Waals surface area contributed by atoms with Crippen molar-refractivity contribution in [1.82, 2.24) is 9.21 Å². The topological polar surface area (TPSA) is 66.9 Å². The number of thiophene rings is 1. The Bertz CT molecular complexity index is 813. The van der Waals surface area contributed by atoms with Gasteiger partial charge < -0.3 is 9.64 Å². The standard InChI is InChI=1S/C20H30N2O4S3/c1-15-6-7-19(28-15)29(24,25)21-9-2-4-16(12-21)20(23)22(17-8-11-27-14-17)13-18-5-3-10-26-18/h6-7,16-18H,2-5,8-14H2,1H3. The number of hydrogen-bond donors (Lipinski definition) is 0. The van der Waals surface area contributed by atoms with E-state index in [9.17, 15) is 13.2 Å². The van der Waals surface area contributed by atoms with Crippen LogP contribution in [0.15, 0.2) is 16.3 Å². The van der Waals surface area contributed by atoms with E-state index in [1.165, 1.54) is 15.6 Å². The van der Waals surface area contributed by atoms with E-state index in [0.29, 0.717) is 23.8 Å². The second-order valence-electron chi connectivity index (χ2n) is 8.21. The minimum Gasteiger partial charge on any atom is -0.376 e. The summed E-state index contributed by atoms with van der Waals surface area (Å²) in [5.41, 5.74) is 0. The first kappa shape index (κ1) is 21.6. The molecule has 1 aromatic heterocycles. The largest absolute Gasteiger partial charge is 0.376 e. The Kier molecular flexibility index (Phi) is 6.90. The van der Waals surface area contributed by atoms with Gasteiger partial charge >= 0.3 is 0 Å². The Morgan fingerprint density at radius 1 is 1.28 bits per heavy atom. The van der Waals surface area contributed by atoms with Crippen LogP contribution in [0.1, 0.15) is 37.0 Å². The lowest BCUT2D eigenvalue weighted by Gasteiger charge is -2.37. The summed E-state index contributed by atoms with van der Waals surface area (Å²) >= 11 is 3.20. The summed E-state index contributed by atoms with van der Waals surface area (Å²) < 4.78 is 33.8. The van der Waals surface area contributed by atoms with Crippen LogP contribution in [0.5, 0.6) is 0 Å². The third-order valence-corrected chi connectivity index (χ3v) is 10.6. The normalized spacial score (nSPS) is 28.7. The van der Waals surface area contributed by atoms with Crippen molar-refractivity contribution in [3.05, 3.63) is 17.0 Å². The molecule has 0 spiro atoms. The van der Waals surface area contributed by atoms with E-state index in [4.69, 9.17) is 4.74 Å². The fraction of sp³-hybridized carbons (Fsp3) is 0.750. The zero-order valence-electron chi connectivity index (χ0n) is 16.9. The molecule has 9 heteroatoms. The minimum atomic E-state index is -3.52. The number of sulfonamides is 1. The van der Waals surface area contributed by atoms with Crippen LogP contribution >= 0.6 is 23.1 Å². The fourth-order valence-corrected chi connectivity index (χ4v) is 8.65. The first-order chi connectivity index (χ1) is 13.9. The smallest absolute Gasteiger partial charge is 0.252 e. The van der Waals surface area contributed by atoms with Crippen LogP contribution in [0.2, 0.25) is 0 Å². The molecule has 0 aromatic carbocycles. The number of amides is 1. The lowest BCUT2D eigenvalue weighted by Crippen LogP contribution is -2.51. The zero-order chi connectivity index (χ0) is 20.4. The molecule has 1 aromatic rings. The molecule has 3 aliphatic heterocycles. The minimum absolute atomic E-state index is 0.121. The van der Waals surface area contributed by atoms with Crippen molar-refractivity contribution in [3.8, 4) is 0 Å². The summed E-state index contributed by atoms with van der Waals surface area (Å²) in [4.78, 5) is 16.5. The number of rotatable bonds is 6.